The van der Waals surface area contributed by atoms with Crippen LogP contribution in [0.5, 0.6) is 11.5 Å². The van der Waals surface area contributed by atoms with Gasteiger partial charge in [0.25, 0.3) is 5.56 Å². The van der Waals surface area contributed by atoms with Crippen molar-refractivity contribution in [1.29, 1.82) is 0 Å². The molecule has 0 N–H and O–H groups in total. The van der Waals surface area contributed by atoms with E-state index in [1.54, 1.807) is 32.4 Å². The molecule has 0 atom stereocenters. The summed E-state index contributed by atoms with van der Waals surface area (Å²) in [5.74, 6) is 1.85. The molecule has 2 heterocycles. The summed E-state index contributed by atoms with van der Waals surface area (Å²) in [6.45, 7) is 2.05. The highest BCUT2D eigenvalue weighted by molar-refractivity contribution is 7.15. The van der Waals surface area contributed by atoms with Crippen LogP contribution in [-0.2, 0) is 0 Å². The molecule has 0 aliphatic heterocycles. The van der Waals surface area contributed by atoms with Gasteiger partial charge in [-0.25, -0.2) is 0 Å². The normalized spacial score (nSPS) is 12.2. The van der Waals surface area contributed by atoms with E-state index >= 15 is 0 Å². The lowest BCUT2D eigenvalue weighted by Crippen LogP contribution is -2.23. The Morgan fingerprint density at radius 3 is 2.52 bits per heavy atom. The number of hydrogen-bond donors (Lipinski definition) is 0. The molecule has 0 fully saturated rings. The van der Waals surface area contributed by atoms with Gasteiger partial charge in [0.05, 0.1) is 18.8 Å². The number of ether oxygens (including phenoxy) is 2. The van der Waals surface area contributed by atoms with Crippen LogP contribution in [0.3, 0.4) is 0 Å². The third-order valence-electron chi connectivity index (χ3n) is 4.42. The summed E-state index contributed by atoms with van der Waals surface area (Å²) in [5, 5.41) is 4.32. The fourth-order valence-corrected chi connectivity index (χ4v) is 3.77. The molecule has 0 saturated carbocycles. The largest absolute Gasteiger partial charge is 0.497 e. The molecule has 6 nitrogen and oxygen atoms in total. The predicted molar refractivity (Wildman–Crippen MR) is 116 cm³/mol. The average Bonchev–Trinajstić information content (AvgIpc) is 3.26. The van der Waals surface area contributed by atoms with Crippen LogP contribution in [-0.4, -0.2) is 28.8 Å². The Hall–Kier alpha value is -3.45. The van der Waals surface area contributed by atoms with Crippen LogP contribution in [0.4, 0.5) is 0 Å². The number of methoxy groups -OCH3 is 2. The van der Waals surface area contributed by atoms with Crippen LogP contribution in [0.25, 0.3) is 23.2 Å². The van der Waals surface area contributed by atoms with Crippen molar-refractivity contribution in [2.24, 2.45) is 0 Å². The van der Waals surface area contributed by atoms with Crippen LogP contribution < -0.4 is 19.6 Å². The van der Waals surface area contributed by atoms with Crippen molar-refractivity contribution in [3.8, 4) is 11.5 Å². The second-order valence-electron chi connectivity index (χ2n) is 6.43. The van der Waals surface area contributed by atoms with E-state index in [0.717, 1.165) is 11.1 Å². The zero-order chi connectivity index (χ0) is 20.4. The number of rotatable bonds is 5. The van der Waals surface area contributed by atoms with Crippen LogP contribution >= 0.6 is 11.3 Å². The van der Waals surface area contributed by atoms with Gasteiger partial charge in [-0.15, -0.1) is 5.10 Å². The first-order chi connectivity index (χ1) is 14.1. The van der Waals surface area contributed by atoms with Crippen LogP contribution in [0.2, 0.25) is 0 Å². The van der Waals surface area contributed by atoms with E-state index < -0.39 is 0 Å². The average molecular weight is 405 g/mol. The SMILES string of the molecule is COc1ccc(OC)c(/C=c2\sc3nc(/C=C/c4ccc(C)cc4)nn3c2=O)c1. The number of hydrogen-bond acceptors (Lipinski definition) is 6. The second kappa shape index (κ2) is 7.89. The molecular weight excluding hydrogens is 386 g/mol. The molecule has 2 aromatic heterocycles. The van der Waals surface area contributed by atoms with Crippen molar-refractivity contribution in [2.45, 2.75) is 6.92 Å². The Balaban J connectivity index is 1.69. The van der Waals surface area contributed by atoms with E-state index in [4.69, 9.17) is 9.47 Å². The molecule has 0 saturated heterocycles. The molecular formula is C22H19N3O3S. The van der Waals surface area contributed by atoms with E-state index in [9.17, 15) is 4.79 Å². The number of aryl methyl sites for hydroxylation is 1. The Bertz CT molecular complexity index is 1300. The second-order valence-corrected chi connectivity index (χ2v) is 7.44. The highest BCUT2D eigenvalue weighted by Gasteiger charge is 2.10. The lowest BCUT2D eigenvalue weighted by atomic mass is 10.1. The van der Waals surface area contributed by atoms with E-state index in [1.807, 2.05) is 49.4 Å². The zero-order valence-electron chi connectivity index (χ0n) is 16.2. The highest BCUT2D eigenvalue weighted by atomic mass is 32.1. The zero-order valence-corrected chi connectivity index (χ0v) is 17.1. The fourth-order valence-electron chi connectivity index (χ4n) is 2.86. The van der Waals surface area contributed by atoms with Gasteiger partial charge in [-0.2, -0.15) is 9.50 Å². The maximum absolute atomic E-state index is 12.8. The van der Waals surface area contributed by atoms with Gasteiger partial charge in [-0.1, -0.05) is 47.2 Å². The Kier molecular flexibility index (Phi) is 5.14. The van der Waals surface area contributed by atoms with Gasteiger partial charge in [-0.3, -0.25) is 4.79 Å². The molecule has 0 amide bonds. The molecule has 29 heavy (non-hydrogen) atoms. The molecule has 7 heteroatoms. The molecule has 0 radical (unpaired) electrons. The first-order valence-electron chi connectivity index (χ1n) is 8.95. The minimum atomic E-state index is -0.211. The van der Waals surface area contributed by atoms with Crippen LogP contribution in [0.1, 0.15) is 22.5 Å². The summed E-state index contributed by atoms with van der Waals surface area (Å²) in [6, 6.07) is 13.6. The van der Waals surface area contributed by atoms with E-state index in [1.165, 1.54) is 21.4 Å². The van der Waals surface area contributed by atoms with Gasteiger partial charge >= 0.3 is 0 Å². The smallest absolute Gasteiger partial charge is 0.291 e. The Morgan fingerprint density at radius 1 is 1.03 bits per heavy atom. The molecule has 0 spiro atoms. The fraction of sp³-hybridized carbons (Fsp3) is 0.136. The monoisotopic (exact) mass is 405 g/mol. The van der Waals surface area contributed by atoms with Gasteiger partial charge < -0.3 is 9.47 Å². The number of benzene rings is 2. The van der Waals surface area contributed by atoms with Crippen LogP contribution in [0, 0.1) is 6.92 Å². The van der Waals surface area contributed by atoms with Gasteiger partial charge in [0, 0.05) is 5.56 Å². The number of aromatic nitrogens is 3. The molecule has 0 aliphatic carbocycles. The molecule has 0 unspecified atom stereocenters. The van der Waals surface area contributed by atoms with Gasteiger partial charge in [0.2, 0.25) is 4.96 Å². The quantitative estimate of drug-likeness (QED) is 0.510. The lowest BCUT2D eigenvalue weighted by Gasteiger charge is -2.06. The van der Waals surface area contributed by atoms with Crippen LogP contribution in [0.15, 0.2) is 47.3 Å². The third-order valence-corrected chi connectivity index (χ3v) is 5.38. The topological polar surface area (TPSA) is 65.7 Å². The summed E-state index contributed by atoms with van der Waals surface area (Å²) in [5.41, 5.74) is 2.80. The van der Waals surface area contributed by atoms with Crippen molar-refractivity contribution in [2.75, 3.05) is 14.2 Å². The van der Waals surface area contributed by atoms with E-state index in [0.29, 0.717) is 26.8 Å². The number of nitrogens with zero attached hydrogens (tertiary/aromatic N) is 3. The molecule has 0 bridgehead atoms. The highest BCUT2D eigenvalue weighted by Crippen LogP contribution is 2.24. The summed E-state index contributed by atoms with van der Waals surface area (Å²) in [4.78, 5) is 17.8. The van der Waals surface area contributed by atoms with Crippen molar-refractivity contribution in [1.82, 2.24) is 14.6 Å². The predicted octanol–water partition coefficient (Wildman–Crippen LogP) is 3.19. The summed E-state index contributed by atoms with van der Waals surface area (Å²) in [6.07, 6.45) is 5.50. The van der Waals surface area contributed by atoms with Gasteiger partial charge in [0.15, 0.2) is 5.82 Å². The summed E-state index contributed by atoms with van der Waals surface area (Å²) >= 11 is 1.29. The van der Waals surface area contributed by atoms with Crippen molar-refractivity contribution >= 4 is 34.5 Å². The van der Waals surface area contributed by atoms with E-state index in [2.05, 4.69) is 10.1 Å². The van der Waals surface area contributed by atoms with Crippen molar-refractivity contribution in [3.05, 3.63) is 79.9 Å². The number of fused-ring (bicyclic) bond motifs is 1. The summed E-state index contributed by atoms with van der Waals surface area (Å²) in [7, 11) is 3.19. The Morgan fingerprint density at radius 2 is 1.83 bits per heavy atom. The third kappa shape index (κ3) is 3.90. The minimum Gasteiger partial charge on any atom is -0.497 e. The Labute approximate surface area is 171 Å². The molecule has 146 valence electrons. The van der Waals surface area contributed by atoms with Gasteiger partial charge in [0.1, 0.15) is 11.5 Å². The maximum atomic E-state index is 12.8. The first kappa shape index (κ1) is 18.9. The molecule has 4 aromatic rings. The summed E-state index contributed by atoms with van der Waals surface area (Å²) < 4.78 is 12.5. The molecule has 2 aromatic carbocycles. The van der Waals surface area contributed by atoms with Crippen molar-refractivity contribution < 1.29 is 9.47 Å². The van der Waals surface area contributed by atoms with E-state index in [-0.39, 0.29) is 5.56 Å². The number of thiazole rings is 1. The molecule has 0 aliphatic rings. The molecule has 4 rings (SSSR count). The van der Waals surface area contributed by atoms with Gasteiger partial charge in [-0.05, 0) is 42.8 Å². The maximum Gasteiger partial charge on any atom is 0.291 e. The standard InChI is InChI=1S/C22H19N3O3S/c1-14-4-6-15(7-5-14)8-11-20-23-22-25(24-20)21(26)19(29-22)13-16-12-17(27-2)9-10-18(16)28-3/h4-13H,1-3H3/b11-8+,19-13-. The van der Waals surface area contributed by atoms with Crippen molar-refractivity contribution in [3.63, 3.8) is 0 Å². The minimum absolute atomic E-state index is 0.211. The lowest BCUT2D eigenvalue weighted by molar-refractivity contribution is 0.402. The first-order valence-corrected chi connectivity index (χ1v) is 9.77.